The van der Waals surface area contributed by atoms with Crippen molar-refractivity contribution in [3.63, 3.8) is 0 Å². The summed E-state index contributed by atoms with van der Waals surface area (Å²) < 4.78 is 105. The zero-order valence-electron chi connectivity index (χ0n) is 16.6. The first-order chi connectivity index (χ1) is 14.9. The van der Waals surface area contributed by atoms with E-state index in [1.165, 1.54) is 18.6 Å². The van der Waals surface area contributed by atoms with Crippen molar-refractivity contribution in [2.75, 3.05) is 11.4 Å². The number of alkyl halides is 6. The molecule has 0 bridgehead atoms. The number of hydrogen-bond acceptors (Lipinski definition) is 4. The molecule has 32 heavy (non-hydrogen) atoms. The van der Waals surface area contributed by atoms with Crippen LogP contribution in [0.5, 0.6) is 0 Å². The number of nitrogens with zero attached hydrogens (tertiary/aromatic N) is 3. The monoisotopic (exact) mass is 482 g/mol. The Morgan fingerprint density at radius 2 is 1.84 bits per heavy atom. The summed E-state index contributed by atoms with van der Waals surface area (Å²) in [5, 5.41) is 0. The van der Waals surface area contributed by atoms with Gasteiger partial charge in [0.15, 0.2) is 0 Å². The van der Waals surface area contributed by atoms with Gasteiger partial charge >= 0.3 is 21.7 Å². The smallest absolute Gasteiger partial charge is 0.361 e. The zero-order chi connectivity index (χ0) is 23.3. The van der Waals surface area contributed by atoms with Crippen LogP contribution in [0.25, 0.3) is 0 Å². The Kier molecular flexibility index (Phi) is 5.68. The van der Waals surface area contributed by atoms with Crippen LogP contribution in [0, 0.1) is 5.92 Å². The van der Waals surface area contributed by atoms with Crippen molar-refractivity contribution >= 4 is 15.7 Å². The van der Waals surface area contributed by atoms with Gasteiger partial charge in [0.05, 0.1) is 24.1 Å². The average molecular weight is 482 g/mol. The highest BCUT2D eigenvalue weighted by atomic mass is 32.2. The summed E-state index contributed by atoms with van der Waals surface area (Å²) in [5.74, 6) is 0.232. The zero-order valence-corrected chi connectivity index (χ0v) is 17.4. The molecule has 1 atom stereocenters. The van der Waals surface area contributed by atoms with Crippen LogP contribution in [-0.4, -0.2) is 40.8 Å². The summed E-state index contributed by atoms with van der Waals surface area (Å²) in [6.45, 7) is -1.15. The Bertz CT molecular complexity index is 1060. The van der Waals surface area contributed by atoms with Crippen LogP contribution in [0.1, 0.15) is 36.1 Å². The van der Waals surface area contributed by atoms with E-state index >= 15 is 0 Å². The minimum absolute atomic E-state index is 0.134. The molecular formula is C19H20F6N4O2S. The third-order valence-corrected chi connectivity index (χ3v) is 7.29. The summed E-state index contributed by atoms with van der Waals surface area (Å²) in [6, 6.07) is 2.15. The molecule has 2 heterocycles. The van der Waals surface area contributed by atoms with E-state index in [-0.39, 0.29) is 28.0 Å². The molecule has 2 aromatic rings. The Morgan fingerprint density at radius 1 is 1.12 bits per heavy atom. The van der Waals surface area contributed by atoms with Crippen LogP contribution < -0.4 is 4.90 Å². The van der Waals surface area contributed by atoms with Gasteiger partial charge in [-0.15, -0.1) is 0 Å². The van der Waals surface area contributed by atoms with Crippen molar-refractivity contribution in [2.45, 2.75) is 50.1 Å². The third-order valence-electron chi connectivity index (χ3n) is 5.75. The number of hydrogen-bond donors (Lipinski definition) is 1. The predicted octanol–water partition coefficient (Wildman–Crippen LogP) is 4.27. The van der Waals surface area contributed by atoms with Gasteiger partial charge in [-0.05, 0) is 36.1 Å². The molecule has 1 aromatic heterocycles. The summed E-state index contributed by atoms with van der Waals surface area (Å²) >= 11 is 0. The van der Waals surface area contributed by atoms with E-state index < -0.39 is 46.4 Å². The molecule has 1 aliphatic carbocycles. The standard InChI is InChI=1S/C19H20F6N4O2S/c20-18(21,22)14-3-4-17-13(6-14)8-28(32(30,31)19(23,24)25)10-16(5-12-1-2-12)29(17)9-15-7-26-11-27-15/h3-4,6-7,11-12,16H,1-2,5,8-10H2,(H,26,27). The number of halogens is 6. The first-order valence-electron chi connectivity index (χ1n) is 9.86. The summed E-state index contributed by atoms with van der Waals surface area (Å²) in [6.07, 6.45) is 0.375. The van der Waals surface area contributed by atoms with Crippen molar-refractivity contribution < 1.29 is 34.8 Å². The van der Waals surface area contributed by atoms with E-state index in [1.54, 1.807) is 4.90 Å². The number of rotatable bonds is 5. The fourth-order valence-corrected chi connectivity index (χ4v) is 4.96. The molecule has 1 aliphatic heterocycles. The molecule has 1 N–H and O–H groups in total. The molecule has 0 radical (unpaired) electrons. The van der Waals surface area contributed by atoms with Crippen LogP contribution in [0.15, 0.2) is 30.7 Å². The minimum Gasteiger partial charge on any atom is -0.361 e. The van der Waals surface area contributed by atoms with Crippen LogP contribution in [-0.2, 0) is 29.3 Å². The molecule has 1 aromatic carbocycles. The fraction of sp³-hybridized carbons (Fsp3) is 0.526. The van der Waals surface area contributed by atoms with Gasteiger partial charge in [-0.3, -0.25) is 0 Å². The second kappa shape index (κ2) is 7.94. The number of benzene rings is 1. The highest BCUT2D eigenvalue weighted by Crippen LogP contribution is 2.42. The second-order valence-electron chi connectivity index (χ2n) is 8.12. The Balaban J connectivity index is 1.83. The van der Waals surface area contributed by atoms with Crippen molar-refractivity contribution in [1.82, 2.24) is 14.3 Å². The molecule has 0 spiro atoms. The van der Waals surface area contributed by atoms with Crippen LogP contribution in [0.4, 0.5) is 32.0 Å². The molecule has 2 aliphatic rings. The number of aromatic nitrogens is 2. The molecule has 1 saturated carbocycles. The molecule has 0 amide bonds. The van der Waals surface area contributed by atoms with E-state index in [9.17, 15) is 34.8 Å². The minimum atomic E-state index is -5.74. The lowest BCUT2D eigenvalue weighted by Crippen LogP contribution is -2.47. The van der Waals surface area contributed by atoms with Crippen LogP contribution in [0.3, 0.4) is 0 Å². The van der Waals surface area contributed by atoms with E-state index in [0.29, 0.717) is 12.1 Å². The second-order valence-corrected chi connectivity index (χ2v) is 10.1. The van der Waals surface area contributed by atoms with Crippen molar-refractivity contribution in [1.29, 1.82) is 0 Å². The maximum atomic E-state index is 13.4. The van der Waals surface area contributed by atoms with E-state index in [2.05, 4.69) is 9.97 Å². The lowest BCUT2D eigenvalue weighted by molar-refractivity contribution is -0.137. The van der Waals surface area contributed by atoms with Crippen LogP contribution in [0.2, 0.25) is 0 Å². The van der Waals surface area contributed by atoms with Gasteiger partial charge in [0.2, 0.25) is 0 Å². The van der Waals surface area contributed by atoms with Crippen molar-refractivity contribution in [3.8, 4) is 0 Å². The molecule has 6 nitrogen and oxygen atoms in total. The van der Waals surface area contributed by atoms with Gasteiger partial charge in [0, 0.05) is 31.0 Å². The van der Waals surface area contributed by atoms with Gasteiger partial charge in [-0.25, -0.2) is 13.4 Å². The van der Waals surface area contributed by atoms with E-state index in [4.69, 9.17) is 0 Å². The van der Waals surface area contributed by atoms with Gasteiger partial charge in [-0.2, -0.15) is 30.6 Å². The van der Waals surface area contributed by atoms with Gasteiger partial charge in [0.25, 0.3) is 0 Å². The van der Waals surface area contributed by atoms with Gasteiger partial charge < -0.3 is 9.88 Å². The van der Waals surface area contributed by atoms with Crippen molar-refractivity contribution in [3.05, 3.63) is 47.5 Å². The number of H-pyrrole nitrogens is 1. The number of fused-ring (bicyclic) bond motifs is 1. The molecule has 0 saturated heterocycles. The van der Waals surface area contributed by atoms with E-state index in [1.807, 2.05) is 0 Å². The highest BCUT2D eigenvalue weighted by Gasteiger charge is 2.51. The Morgan fingerprint density at radius 3 is 2.41 bits per heavy atom. The normalized spacial score (nSPS) is 20.8. The number of imidazole rings is 1. The number of sulfonamides is 1. The predicted molar refractivity (Wildman–Crippen MR) is 103 cm³/mol. The first-order valence-corrected chi connectivity index (χ1v) is 11.3. The lowest BCUT2D eigenvalue weighted by atomic mass is 10.0. The topological polar surface area (TPSA) is 69.3 Å². The maximum absolute atomic E-state index is 13.4. The summed E-state index contributed by atoms with van der Waals surface area (Å²) in [7, 11) is -5.74. The number of anilines is 1. The molecule has 1 unspecified atom stereocenters. The van der Waals surface area contributed by atoms with Gasteiger partial charge in [0.1, 0.15) is 0 Å². The fourth-order valence-electron chi connectivity index (χ4n) is 3.99. The molecule has 1 fully saturated rings. The molecule has 13 heteroatoms. The maximum Gasteiger partial charge on any atom is 0.511 e. The summed E-state index contributed by atoms with van der Waals surface area (Å²) in [4.78, 5) is 8.48. The molecule has 4 rings (SSSR count). The number of aromatic amines is 1. The van der Waals surface area contributed by atoms with Crippen molar-refractivity contribution in [2.24, 2.45) is 5.92 Å². The molecular weight excluding hydrogens is 462 g/mol. The summed E-state index contributed by atoms with van der Waals surface area (Å²) in [5.41, 5.74) is -5.87. The highest BCUT2D eigenvalue weighted by molar-refractivity contribution is 7.89. The van der Waals surface area contributed by atoms with E-state index in [0.717, 1.165) is 25.0 Å². The first kappa shape index (κ1) is 22.9. The van der Waals surface area contributed by atoms with Gasteiger partial charge in [-0.1, -0.05) is 12.8 Å². The Hall–Kier alpha value is -2.28. The lowest BCUT2D eigenvalue weighted by Gasteiger charge is -2.34. The average Bonchev–Trinajstić information content (AvgIpc) is 3.38. The Labute approximate surface area is 180 Å². The SMILES string of the molecule is O=S(=O)(N1Cc2cc(C(F)(F)F)ccc2N(Cc2cnc[nH]2)C(CC2CC2)C1)C(F)(F)F. The quantitative estimate of drug-likeness (QED) is 0.647. The largest absolute Gasteiger partial charge is 0.511 e. The number of nitrogens with one attached hydrogen (secondary N) is 1. The van der Waals surface area contributed by atoms with Crippen LogP contribution >= 0.6 is 0 Å². The molecule has 176 valence electrons. The third kappa shape index (κ3) is 4.58.